The first-order valence-corrected chi connectivity index (χ1v) is 10.3. The van der Waals surface area contributed by atoms with Gasteiger partial charge in [0.25, 0.3) is 21.8 Å². The summed E-state index contributed by atoms with van der Waals surface area (Å²) in [5.74, 6) is -0.567. The molecule has 1 aliphatic rings. The van der Waals surface area contributed by atoms with Gasteiger partial charge in [-0.05, 0) is 36.2 Å². The van der Waals surface area contributed by atoms with Crippen LogP contribution in [0.2, 0.25) is 0 Å². The third-order valence-corrected chi connectivity index (χ3v) is 5.47. The van der Waals surface area contributed by atoms with E-state index in [1.165, 1.54) is 17.0 Å². The van der Waals surface area contributed by atoms with Crippen LogP contribution in [0.5, 0.6) is 5.75 Å². The van der Waals surface area contributed by atoms with Gasteiger partial charge in [0.05, 0.1) is 10.6 Å². The van der Waals surface area contributed by atoms with E-state index in [1.807, 2.05) is 6.92 Å². The van der Waals surface area contributed by atoms with E-state index in [-0.39, 0.29) is 24.0 Å². The fraction of sp³-hybridized carbons (Fsp3) is 0.263. The predicted molar refractivity (Wildman–Crippen MR) is 103 cm³/mol. The number of para-hydroxylation sites is 2. The molecule has 9 heteroatoms. The zero-order valence-electron chi connectivity index (χ0n) is 15.3. The molecule has 0 aliphatic carbocycles. The number of carbonyl (C=O) groups excluding carboxylic acids is 2. The Kier molecular flexibility index (Phi) is 5.96. The topological polar surface area (TPSA) is 105 Å². The van der Waals surface area contributed by atoms with E-state index < -0.39 is 15.9 Å². The Labute approximate surface area is 163 Å². The number of carbonyl (C=O) groups is 2. The van der Waals surface area contributed by atoms with E-state index in [4.69, 9.17) is 4.74 Å². The highest BCUT2D eigenvalue weighted by atomic mass is 32.2. The van der Waals surface area contributed by atoms with Crippen molar-refractivity contribution in [2.45, 2.75) is 24.7 Å². The first-order chi connectivity index (χ1) is 13.4. The maximum atomic E-state index is 12.3. The van der Waals surface area contributed by atoms with Gasteiger partial charge in [0.15, 0.2) is 6.61 Å². The van der Waals surface area contributed by atoms with Gasteiger partial charge in [0.1, 0.15) is 12.3 Å². The van der Waals surface area contributed by atoms with Gasteiger partial charge < -0.3 is 4.74 Å². The maximum absolute atomic E-state index is 12.3. The lowest BCUT2D eigenvalue weighted by atomic mass is 10.1. The summed E-state index contributed by atoms with van der Waals surface area (Å²) in [6.07, 6.45) is 1.82. The number of fused-ring (bicyclic) bond motifs is 1. The number of hydrogen-bond donors (Lipinski definition) is 2. The molecule has 0 spiro atoms. The van der Waals surface area contributed by atoms with Gasteiger partial charge >= 0.3 is 0 Å². The molecule has 2 amide bonds. The van der Waals surface area contributed by atoms with Gasteiger partial charge in [-0.25, -0.2) is 8.42 Å². The number of aryl methyl sites for hydroxylation is 1. The van der Waals surface area contributed by atoms with Gasteiger partial charge in [0.2, 0.25) is 0 Å². The fourth-order valence-corrected chi connectivity index (χ4v) is 3.68. The van der Waals surface area contributed by atoms with Crippen LogP contribution in [0.15, 0.2) is 53.4 Å². The molecular weight excluding hydrogens is 382 g/mol. The summed E-state index contributed by atoms with van der Waals surface area (Å²) in [5, 5.41) is 0. The minimum absolute atomic E-state index is 0.0421. The van der Waals surface area contributed by atoms with Crippen LogP contribution in [0, 0.1) is 0 Å². The van der Waals surface area contributed by atoms with E-state index in [9.17, 15) is 18.0 Å². The third kappa shape index (κ3) is 4.49. The van der Waals surface area contributed by atoms with Crippen molar-refractivity contribution in [3.05, 3.63) is 54.1 Å². The van der Waals surface area contributed by atoms with E-state index in [0.717, 1.165) is 18.4 Å². The number of rotatable bonds is 7. The summed E-state index contributed by atoms with van der Waals surface area (Å²) in [5.41, 5.74) is 3.65. The molecule has 1 heterocycles. The highest BCUT2D eigenvalue weighted by Crippen LogP contribution is 2.31. The van der Waals surface area contributed by atoms with E-state index >= 15 is 0 Å². The van der Waals surface area contributed by atoms with Crippen molar-refractivity contribution < 1.29 is 22.7 Å². The average molecular weight is 403 g/mol. The number of hydrazine groups is 1. The second-order valence-electron chi connectivity index (χ2n) is 6.28. The lowest BCUT2D eigenvalue weighted by molar-refractivity contribution is -0.125. The molecular formula is C19H21N3O5S. The minimum atomic E-state index is -3.91. The number of ether oxygens (including phenoxy) is 1. The quantitative estimate of drug-likeness (QED) is 0.680. The molecule has 0 atom stereocenters. The van der Waals surface area contributed by atoms with Crippen molar-refractivity contribution >= 4 is 27.5 Å². The molecule has 2 N–H and O–H groups in total. The Bertz CT molecular complexity index is 973. The number of nitrogens with zero attached hydrogens (tertiary/aromatic N) is 1. The van der Waals surface area contributed by atoms with E-state index in [2.05, 4.69) is 10.3 Å². The molecule has 0 unspecified atom stereocenters. The molecule has 2 aromatic carbocycles. The van der Waals surface area contributed by atoms with Crippen LogP contribution < -0.4 is 19.9 Å². The Hall–Kier alpha value is -2.91. The standard InChI is InChI=1S/C19H21N3O5S/c1-2-5-14-8-10-15(11-9-14)28(25,26)21-20-18(23)12-22-16-6-3-4-7-17(16)27-13-19(22)24/h3-4,6-11,21H,2,5,12-13H2,1H3,(H,20,23). The van der Waals surface area contributed by atoms with Crippen LogP contribution in [0.3, 0.4) is 0 Å². The third-order valence-electron chi connectivity index (χ3n) is 4.21. The summed E-state index contributed by atoms with van der Waals surface area (Å²) in [4.78, 5) is 27.6. The number of anilines is 1. The van der Waals surface area contributed by atoms with Gasteiger partial charge in [-0.3, -0.25) is 19.9 Å². The number of hydrogen-bond acceptors (Lipinski definition) is 5. The van der Waals surface area contributed by atoms with Crippen LogP contribution in [-0.2, 0) is 26.0 Å². The molecule has 28 heavy (non-hydrogen) atoms. The Morgan fingerprint density at radius 2 is 1.86 bits per heavy atom. The highest BCUT2D eigenvalue weighted by Gasteiger charge is 2.27. The lowest BCUT2D eigenvalue weighted by Crippen LogP contribution is -2.49. The molecule has 0 radical (unpaired) electrons. The first-order valence-electron chi connectivity index (χ1n) is 8.82. The Balaban J connectivity index is 1.63. The molecule has 0 saturated heterocycles. The highest BCUT2D eigenvalue weighted by molar-refractivity contribution is 7.89. The van der Waals surface area contributed by atoms with Gasteiger partial charge in [-0.2, -0.15) is 0 Å². The normalized spacial score (nSPS) is 13.6. The molecule has 0 bridgehead atoms. The van der Waals surface area contributed by atoms with Crippen molar-refractivity contribution in [2.24, 2.45) is 0 Å². The van der Waals surface area contributed by atoms with Crippen molar-refractivity contribution in [3.63, 3.8) is 0 Å². The second kappa shape index (κ2) is 8.41. The summed E-state index contributed by atoms with van der Waals surface area (Å²) in [6, 6.07) is 13.3. The smallest absolute Gasteiger partial charge is 0.265 e. The molecule has 8 nitrogen and oxygen atoms in total. The van der Waals surface area contributed by atoms with E-state index in [0.29, 0.717) is 11.4 Å². The van der Waals surface area contributed by atoms with Gasteiger partial charge in [-0.1, -0.05) is 37.6 Å². The molecule has 0 aromatic heterocycles. The molecule has 3 rings (SSSR count). The second-order valence-corrected chi connectivity index (χ2v) is 7.97. The Morgan fingerprint density at radius 1 is 1.14 bits per heavy atom. The number of benzene rings is 2. The van der Waals surface area contributed by atoms with Crippen LogP contribution in [-0.4, -0.2) is 33.4 Å². The average Bonchev–Trinajstić information content (AvgIpc) is 2.69. The SMILES string of the molecule is CCCc1ccc(S(=O)(=O)NNC(=O)CN2C(=O)COc3ccccc32)cc1. The number of amides is 2. The van der Waals surface area contributed by atoms with Crippen molar-refractivity contribution in [1.29, 1.82) is 0 Å². The van der Waals surface area contributed by atoms with Gasteiger partial charge in [-0.15, -0.1) is 4.83 Å². The lowest BCUT2D eigenvalue weighted by Gasteiger charge is -2.28. The molecule has 148 valence electrons. The summed E-state index contributed by atoms with van der Waals surface area (Å²) in [6.45, 7) is 1.52. The van der Waals surface area contributed by atoms with Crippen molar-refractivity contribution in [3.8, 4) is 5.75 Å². The molecule has 1 aliphatic heterocycles. The molecule has 2 aromatic rings. The zero-order chi connectivity index (χ0) is 20.1. The first kappa shape index (κ1) is 19.8. The largest absolute Gasteiger partial charge is 0.482 e. The predicted octanol–water partition coefficient (Wildman–Crippen LogP) is 1.37. The monoisotopic (exact) mass is 403 g/mol. The Morgan fingerprint density at radius 3 is 2.57 bits per heavy atom. The van der Waals surface area contributed by atoms with Crippen LogP contribution in [0.1, 0.15) is 18.9 Å². The fourth-order valence-electron chi connectivity index (χ4n) is 2.82. The van der Waals surface area contributed by atoms with Crippen LogP contribution >= 0.6 is 0 Å². The summed E-state index contributed by atoms with van der Waals surface area (Å²) >= 11 is 0. The maximum Gasteiger partial charge on any atom is 0.265 e. The summed E-state index contributed by atoms with van der Waals surface area (Å²) in [7, 11) is -3.91. The van der Waals surface area contributed by atoms with Gasteiger partial charge in [0, 0.05) is 0 Å². The number of nitrogens with one attached hydrogen (secondary N) is 2. The number of sulfonamides is 1. The van der Waals surface area contributed by atoms with Crippen molar-refractivity contribution in [1.82, 2.24) is 10.3 Å². The zero-order valence-corrected chi connectivity index (χ0v) is 16.2. The van der Waals surface area contributed by atoms with Crippen molar-refractivity contribution in [2.75, 3.05) is 18.1 Å². The minimum Gasteiger partial charge on any atom is -0.482 e. The summed E-state index contributed by atoms with van der Waals surface area (Å²) < 4.78 is 30.0. The van der Waals surface area contributed by atoms with Crippen LogP contribution in [0.25, 0.3) is 0 Å². The molecule has 0 fully saturated rings. The van der Waals surface area contributed by atoms with Crippen LogP contribution in [0.4, 0.5) is 5.69 Å². The molecule has 0 saturated carbocycles. The van der Waals surface area contributed by atoms with E-state index in [1.54, 1.807) is 36.4 Å².